The predicted molar refractivity (Wildman–Crippen MR) is 59.7 cm³/mol. The summed E-state index contributed by atoms with van der Waals surface area (Å²) in [5, 5.41) is 18.0. The van der Waals surface area contributed by atoms with Crippen LogP contribution in [0.25, 0.3) is 0 Å². The molecule has 0 radical (unpaired) electrons. The molecule has 0 bridgehead atoms. The minimum atomic E-state index is -0.954. The molecular formula is C11H15NO6. The Bertz CT molecular complexity index is 400. The molecule has 0 fully saturated rings. The van der Waals surface area contributed by atoms with E-state index < -0.39 is 23.6 Å². The Hall–Kier alpha value is -2.05. The molecular weight excluding hydrogens is 242 g/mol. The van der Waals surface area contributed by atoms with Crippen molar-refractivity contribution in [2.24, 2.45) is 0 Å². The number of esters is 1. The normalized spacial score (nSPS) is 15.2. The second-order valence-corrected chi connectivity index (χ2v) is 3.77. The first-order valence-electron chi connectivity index (χ1n) is 5.57. The molecule has 7 heteroatoms. The van der Waals surface area contributed by atoms with Gasteiger partial charge in [0.1, 0.15) is 5.57 Å². The summed E-state index contributed by atoms with van der Waals surface area (Å²) in [5.41, 5.74) is -0.0721. The standard InChI is InChI=1S/C11H15NO6/c1-2-18-11(17)7-6-12(10(16)9(7)15)5-3-4-8(13)14/h15H,2-6H2,1H3,(H,13,14). The Morgan fingerprint density at radius 2 is 2.11 bits per heavy atom. The van der Waals surface area contributed by atoms with E-state index in [0.29, 0.717) is 0 Å². The number of carbonyl (C=O) groups is 3. The van der Waals surface area contributed by atoms with Crippen LogP contribution in [0.15, 0.2) is 11.3 Å². The van der Waals surface area contributed by atoms with Crippen LogP contribution in [0.3, 0.4) is 0 Å². The van der Waals surface area contributed by atoms with Crippen molar-refractivity contribution in [3.8, 4) is 0 Å². The van der Waals surface area contributed by atoms with E-state index in [1.807, 2.05) is 0 Å². The highest BCUT2D eigenvalue weighted by molar-refractivity contribution is 6.05. The zero-order valence-corrected chi connectivity index (χ0v) is 10.0. The van der Waals surface area contributed by atoms with Crippen molar-refractivity contribution < 1.29 is 29.3 Å². The zero-order valence-electron chi connectivity index (χ0n) is 10.0. The van der Waals surface area contributed by atoms with E-state index in [0.717, 1.165) is 0 Å². The predicted octanol–water partition coefficient (Wildman–Crippen LogP) is 0.0686. The molecule has 0 atom stereocenters. The van der Waals surface area contributed by atoms with Gasteiger partial charge in [0.25, 0.3) is 5.91 Å². The SMILES string of the molecule is CCOC(=O)C1=C(O)C(=O)N(CCCC(=O)O)C1. The smallest absolute Gasteiger partial charge is 0.339 e. The molecule has 100 valence electrons. The average Bonchev–Trinajstić information content (AvgIpc) is 2.57. The van der Waals surface area contributed by atoms with Crippen molar-refractivity contribution in [1.29, 1.82) is 0 Å². The maximum absolute atomic E-state index is 11.6. The van der Waals surface area contributed by atoms with Crippen LogP contribution in [0.5, 0.6) is 0 Å². The second kappa shape index (κ2) is 6.04. The molecule has 0 aromatic rings. The molecule has 1 heterocycles. The summed E-state index contributed by atoms with van der Waals surface area (Å²) in [6.45, 7) is 1.92. The summed E-state index contributed by atoms with van der Waals surface area (Å²) in [6, 6.07) is 0. The van der Waals surface area contributed by atoms with Crippen molar-refractivity contribution in [3.05, 3.63) is 11.3 Å². The highest BCUT2D eigenvalue weighted by Gasteiger charge is 2.34. The number of hydrogen-bond donors (Lipinski definition) is 2. The largest absolute Gasteiger partial charge is 0.503 e. The zero-order chi connectivity index (χ0) is 13.7. The molecule has 0 saturated carbocycles. The lowest BCUT2D eigenvalue weighted by atomic mass is 10.2. The number of rotatable bonds is 6. The minimum Gasteiger partial charge on any atom is -0.503 e. The van der Waals surface area contributed by atoms with Crippen LogP contribution < -0.4 is 0 Å². The maximum Gasteiger partial charge on any atom is 0.339 e. The number of aliphatic hydroxyl groups is 1. The van der Waals surface area contributed by atoms with Gasteiger partial charge < -0.3 is 19.8 Å². The molecule has 1 aliphatic rings. The van der Waals surface area contributed by atoms with Crippen molar-refractivity contribution in [2.75, 3.05) is 19.7 Å². The van der Waals surface area contributed by atoms with Gasteiger partial charge in [0.15, 0.2) is 5.76 Å². The molecule has 0 unspecified atom stereocenters. The summed E-state index contributed by atoms with van der Waals surface area (Å²) < 4.78 is 4.71. The lowest BCUT2D eigenvalue weighted by Crippen LogP contribution is -2.29. The van der Waals surface area contributed by atoms with Gasteiger partial charge in [-0.05, 0) is 13.3 Å². The number of carboxylic acid groups (broad SMARTS) is 1. The van der Waals surface area contributed by atoms with Gasteiger partial charge in [-0.2, -0.15) is 0 Å². The Morgan fingerprint density at radius 1 is 1.44 bits per heavy atom. The third-order valence-electron chi connectivity index (χ3n) is 2.47. The first-order valence-corrected chi connectivity index (χ1v) is 5.57. The van der Waals surface area contributed by atoms with Crippen molar-refractivity contribution in [2.45, 2.75) is 19.8 Å². The van der Waals surface area contributed by atoms with Gasteiger partial charge in [-0.15, -0.1) is 0 Å². The summed E-state index contributed by atoms with van der Waals surface area (Å²) in [5.74, 6) is -2.94. The molecule has 1 amide bonds. The fourth-order valence-electron chi connectivity index (χ4n) is 1.60. The Labute approximate surface area is 104 Å². The highest BCUT2D eigenvalue weighted by atomic mass is 16.5. The van der Waals surface area contributed by atoms with E-state index in [1.54, 1.807) is 6.92 Å². The van der Waals surface area contributed by atoms with E-state index in [-0.39, 0.29) is 38.1 Å². The number of aliphatic carboxylic acids is 1. The van der Waals surface area contributed by atoms with E-state index >= 15 is 0 Å². The van der Waals surface area contributed by atoms with Gasteiger partial charge in [-0.3, -0.25) is 9.59 Å². The monoisotopic (exact) mass is 257 g/mol. The number of hydrogen-bond acceptors (Lipinski definition) is 5. The number of amides is 1. The Balaban J connectivity index is 2.57. The number of ether oxygens (including phenoxy) is 1. The third-order valence-corrected chi connectivity index (χ3v) is 2.47. The van der Waals surface area contributed by atoms with Gasteiger partial charge in [0.2, 0.25) is 0 Å². The number of carboxylic acids is 1. The minimum absolute atomic E-state index is 0.0386. The highest BCUT2D eigenvalue weighted by Crippen LogP contribution is 2.18. The lowest BCUT2D eigenvalue weighted by molar-refractivity contribution is -0.139. The third kappa shape index (κ3) is 3.22. The topological polar surface area (TPSA) is 104 Å². The van der Waals surface area contributed by atoms with Crippen LogP contribution in [0, 0.1) is 0 Å². The van der Waals surface area contributed by atoms with Crippen molar-refractivity contribution >= 4 is 17.8 Å². The van der Waals surface area contributed by atoms with Crippen LogP contribution in [0.2, 0.25) is 0 Å². The van der Waals surface area contributed by atoms with E-state index in [9.17, 15) is 19.5 Å². The molecule has 7 nitrogen and oxygen atoms in total. The van der Waals surface area contributed by atoms with Gasteiger partial charge in [-0.25, -0.2) is 4.79 Å². The van der Waals surface area contributed by atoms with Gasteiger partial charge in [-0.1, -0.05) is 0 Å². The van der Waals surface area contributed by atoms with Gasteiger partial charge in [0, 0.05) is 13.0 Å². The molecule has 18 heavy (non-hydrogen) atoms. The second-order valence-electron chi connectivity index (χ2n) is 3.77. The molecule has 0 spiro atoms. The molecule has 0 aliphatic carbocycles. The van der Waals surface area contributed by atoms with Crippen molar-refractivity contribution in [1.82, 2.24) is 4.90 Å². The molecule has 0 saturated heterocycles. The fraction of sp³-hybridized carbons (Fsp3) is 0.545. The van der Waals surface area contributed by atoms with Gasteiger partial charge >= 0.3 is 11.9 Å². The van der Waals surface area contributed by atoms with E-state index in [1.165, 1.54) is 4.90 Å². The summed E-state index contributed by atoms with van der Waals surface area (Å²) >= 11 is 0. The van der Waals surface area contributed by atoms with Crippen LogP contribution in [0.4, 0.5) is 0 Å². The Kier molecular flexibility index (Phi) is 4.70. The summed E-state index contributed by atoms with van der Waals surface area (Å²) in [4.78, 5) is 34.5. The first-order chi connectivity index (χ1) is 8.47. The van der Waals surface area contributed by atoms with E-state index in [4.69, 9.17) is 9.84 Å². The maximum atomic E-state index is 11.6. The van der Waals surface area contributed by atoms with Crippen LogP contribution in [0.1, 0.15) is 19.8 Å². The fourth-order valence-corrected chi connectivity index (χ4v) is 1.60. The lowest BCUT2D eigenvalue weighted by Gasteiger charge is -2.14. The van der Waals surface area contributed by atoms with E-state index in [2.05, 4.69) is 0 Å². The van der Waals surface area contributed by atoms with Crippen molar-refractivity contribution in [3.63, 3.8) is 0 Å². The molecule has 1 aliphatic heterocycles. The summed E-state index contributed by atoms with van der Waals surface area (Å²) in [6.07, 6.45) is 0.198. The summed E-state index contributed by atoms with van der Waals surface area (Å²) in [7, 11) is 0. The average molecular weight is 257 g/mol. The molecule has 0 aromatic heterocycles. The Morgan fingerprint density at radius 3 is 2.67 bits per heavy atom. The number of aliphatic hydroxyl groups excluding tert-OH is 1. The number of nitrogens with zero attached hydrogens (tertiary/aromatic N) is 1. The van der Waals surface area contributed by atoms with Crippen LogP contribution >= 0.6 is 0 Å². The molecule has 1 rings (SSSR count). The molecule has 2 N–H and O–H groups in total. The quantitative estimate of drug-likeness (QED) is 0.652. The van der Waals surface area contributed by atoms with Crippen LogP contribution in [-0.2, 0) is 19.1 Å². The number of carbonyl (C=O) groups excluding carboxylic acids is 2. The molecule has 0 aromatic carbocycles. The van der Waals surface area contributed by atoms with Gasteiger partial charge in [0.05, 0.1) is 13.2 Å². The first kappa shape index (κ1) is 14.0. The van der Waals surface area contributed by atoms with Crippen LogP contribution in [-0.4, -0.2) is 52.7 Å².